The van der Waals surface area contributed by atoms with Crippen LogP contribution in [0, 0.1) is 0 Å². The Morgan fingerprint density at radius 3 is 2.56 bits per heavy atom. The minimum Gasteiger partial charge on any atom is -0.872 e. The minimum absolute atomic E-state index is 0.119. The SMILES string of the molecule is COCC[NH+](CCOC)Cc1c([O-])ccc2c1O/C(=C\c1cccs1)C2=O. The molecule has 1 aliphatic rings. The van der Waals surface area contributed by atoms with Crippen LogP contribution in [0.3, 0.4) is 0 Å². The average Bonchev–Trinajstić information content (AvgIpc) is 3.28. The Morgan fingerprint density at radius 2 is 1.93 bits per heavy atom. The van der Waals surface area contributed by atoms with Gasteiger partial charge in [0.25, 0.3) is 0 Å². The van der Waals surface area contributed by atoms with Gasteiger partial charge in [-0.3, -0.25) is 4.79 Å². The lowest BCUT2D eigenvalue weighted by atomic mass is 10.0. The van der Waals surface area contributed by atoms with Crippen molar-refractivity contribution >= 4 is 23.2 Å². The smallest absolute Gasteiger partial charge is 0.232 e. The summed E-state index contributed by atoms with van der Waals surface area (Å²) in [5.41, 5.74) is 0.975. The highest BCUT2D eigenvalue weighted by atomic mass is 32.1. The molecule has 3 rings (SSSR count). The fourth-order valence-electron chi connectivity index (χ4n) is 3.00. The van der Waals surface area contributed by atoms with Crippen LogP contribution in [-0.2, 0) is 16.0 Å². The van der Waals surface area contributed by atoms with Gasteiger partial charge in [0, 0.05) is 30.7 Å². The summed E-state index contributed by atoms with van der Waals surface area (Å²) >= 11 is 1.52. The first kappa shape index (κ1) is 19.6. The first-order valence-electron chi connectivity index (χ1n) is 8.76. The first-order valence-corrected chi connectivity index (χ1v) is 9.64. The summed E-state index contributed by atoms with van der Waals surface area (Å²) in [6, 6.07) is 6.84. The summed E-state index contributed by atoms with van der Waals surface area (Å²) < 4.78 is 16.2. The van der Waals surface area contributed by atoms with Crippen LogP contribution < -0.4 is 14.7 Å². The molecule has 0 fully saturated rings. The van der Waals surface area contributed by atoms with Gasteiger partial charge in [-0.05, 0) is 17.5 Å². The number of carbonyl (C=O) groups is 1. The average molecular weight is 389 g/mol. The van der Waals surface area contributed by atoms with E-state index < -0.39 is 0 Å². The van der Waals surface area contributed by atoms with E-state index in [2.05, 4.69) is 0 Å². The second kappa shape index (κ2) is 9.14. The van der Waals surface area contributed by atoms with Crippen molar-refractivity contribution in [1.29, 1.82) is 0 Å². The maximum absolute atomic E-state index is 12.7. The van der Waals surface area contributed by atoms with Gasteiger partial charge < -0.3 is 24.2 Å². The summed E-state index contributed by atoms with van der Waals surface area (Å²) in [5, 5.41) is 14.4. The zero-order valence-electron chi connectivity index (χ0n) is 15.4. The second-order valence-corrected chi connectivity index (χ2v) is 7.27. The van der Waals surface area contributed by atoms with E-state index in [-0.39, 0.29) is 17.3 Å². The molecular weight excluding hydrogens is 366 g/mol. The molecule has 0 aliphatic carbocycles. The molecule has 0 spiro atoms. The Hall–Kier alpha value is -2.19. The Morgan fingerprint density at radius 1 is 1.19 bits per heavy atom. The van der Waals surface area contributed by atoms with E-state index in [1.807, 2.05) is 17.5 Å². The van der Waals surface area contributed by atoms with Gasteiger partial charge in [0.1, 0.15) is 25.4 Å². The highest BCUT2D eigenvalue weighted by molar-refractivity contribution is 7.10. The van der Waals surface area contributed by atoms with Crippen molar-refractivity contribution < 1.29 is 29.0 Å². The van der Waals surface area contributed by atoms with Gasteiger partial charge in [-0.1, -0.05) is 17.9 Å². The van der Waals surface area contributed by atoms with Gasteiger partial charge in [-0.25, -0.2) is 0 Å². The molecule has 0 saturated heterocycles. The molecule has 7 heteroatoms. The number of ether oxygens (including phenoxy) is 3. The van der Waals surface area contributed by atoms with E-state index in [0.717, 1.165) is 22.9 Å². The molecule has 1 aromatic carbocycles. The second-order valence-electron chi connectivity index (χ2n) is 6.29. The standard InChI is InChI=1S/C20H23NO5S/c1-24-9-7-21(8-10-25-2)13-16-17(22)6-5-15-19(23)18(26-20(15)16)12-14-4-3-11-27-14/h3-6,11-12,22H,7-10,13H2,1-2H3/b18-12-. The molecule has 0 saturated carbocycles. The quantitative estimate of drug-likeness (QED) is 0.651. The Kier molecular flexibility index (Phi) is 6.63. The molecule has 0 unspecified atom stereocenters. The van der Waals surface area contributed by atoms with Crippen molar-refractivity contribution in [1.82, 2.24) is 0 Å². The van der Waals surface area contributed by atoms with Gasteiger partial charge in [0.05, 0.1) is 18.8 Å². The summed E-state index contributed by atoms with van der Waals surface area (Å²) in [6.45, 7) is 3.06. The number of Topliss-reactive ketones (excluding diaryl/α,β-unsaturated/α-hetero) is 1. The van der Waals surface area contributed by atoms with E-state index in [4.69, 9.17) is 14.2 Å². The molecule has 2 aromatic rings. The van der Waals surface area contributed by atoms with Crippen molar-refractivity contribution in [3.8, 4) is 11.5 Å². The molecule has 0 atom stereocenters. The minimum atomic E-state index is -0.185. The molecule has 1 N–H and O–H groups in total. The van der Waals surface area contributed by atoms with Crippen LogP contribution in [-0.4, -0.2) is 46.3 Å². The number of carbonyl (C=O) groups excluding carboxylic acids is 1. The highest BCUT2D eigenvalue weighted by Crippen LogP contribution is 2.38. The highest BCUT2D eigenvalue weighted by Gasteiger charge is 2.31. The number of thiophene rings is 1. The fraction of sp³-hybridized carbons (Fsp3) is 0.350. The van der Waals surface area contributed by atoms with Gasteiger partial charge in [-0.15, -0.1) is 11.3 Å². The number of fused-ring (bicyclic) bond motifs is 1. The molecule has 0 radical (unpaired) electrons. The number of quaternary nitrogens is 1. The molecule has 1 aliphatic heterocycles. The lowest BCUT2D eigenvalue weighted by Crippen LogP contribution is -3.11. The van der Waals surface area contributed by atoms with Crippen LogP contribution in [0.5, 0.6) is 11.5 Å². The molecule has 2 heterocycles. The number of hydrogen-bond acceptors (Lipinski definition) is 6. The van der Waals surface area contributed by atoms with E-state index in [0.29, 0.717) is 36.6 Å². The number of ketones is 1. The largest absolute Gasteiger partial charge is 0.872 e. The predicted molar refractivity (Wildman–Crippen MR) is 101 cm³/mol. The summed E-state index contributed by atoms with van der Waals surface area (Å²) in [6.07, 6.45) is 1.72. The number of allylic oxidation sites excluding steroid dienone is 1. The number of nitrogens with one attached hydrogen (secondary N) is 1. The number of rotatable bonds is 9. The van der Waals surface area contributed by atoms with Gasteiger partial charge in [0.15, 0.2) is 5.76 Å². The van der Waals surface area contributed by atoms with E-state index in [1.165, 1.54) is 17.4 Å². The third-order valence-corrected chi connectivity index (χ3v) is 5.28. The number of hydrogen-bond donors (Lipinski definition) is 1. The normalized spacial score (nSPS) is 14.8. The van der Waals surface area contributed by atoms with E-state index in [9.17, 15) is 9.90 Å². The molecule has 6 nitrogen and oxygen atoms in total. The third-order valence-electron chi connectivity index (χ3n) is 4.46. The van der Waals surface area contributed by atoms with Crippen molar-refractivity contribution in [2.45, 2.75) is 6.54 Å². The third kappa shape index (κ3) is 4.56. The molecule has 0 bridgehead atoms. The lowest BCUT2D eigenvalue weighted by Gasteiger charge is -2.23. The van der Waals surface area contributed by atoms with Gasteiger partial charge in [0.2, 0.25) is 5.78 Å². The van der Waals surface area contributed by atoms with Crippen LogP contribution in [0.4, 0.5) is 0 Å². The Balaban J connectivity index is 1.87. The first-order chi connectivity index (χ1) is 13.1. The van der Waals surface area contributed by atoms with Crippen molar-refractivity contribution in [3.05, 3.63) is 51.4 Å². The zero-order valence-corrected chi connectivity index (χ0v) is 16.3. The maximum Gasteiger partial charge on any atom is 0.232 e. The van der Waals surface area contributed by atoms with E-state index in [1.54, 1.807) is 26.4 Å². The zero-order chi connectivity index (χ0) is 19.2. The van der Waals surface area contributed by atoms with E-state index >= 15 is 0 Å². The van der Waals surface area contributed by atoms with Crippen LogP contribution >= 0.6 is 11.3 Å². The molecular formula is C20H23NO5S. The molecule has 1 aromatic heterocycles. The topological polar surface area (TPSA) is 72.3 Å². The predicted octanol–water partition coefficient (Wildman–Crippen LogP) is 1.12. The van der Waals surface area contributed by atoms with Crippen molar-refractivity contribution in [2.24, 2.45) is 0 Å². The Bertz CT molecular complexity index is 808. The summed E-state index contributed by atoms with van der Waals surface area (Å²) in [5.74, 6) is 0.346. The van der Waals surface area contributed by atoms with Crippen LogP contribution in [0.2, 0.25) is 0 Å². The molecule has 0 amide bonds. The van der Waals surface area contributed by atoms with Gasteiger partial charge >= 0.3 is 0 Å². The lowest BCUT2D eigenvalue weighted by molar-refractivity contribution is -0.914. The molecule has 27 heavy (non-hydrogen) atoms. The Labute approximate surface area is 162 Å². The van der Waals surface area contributed by atoms with Crippen LogP contribution in [0.1, 0.15) is 20.8 Å². The van der Waals surface area contributed by atoms with Crippen molar-refractivity contribution in [3.63, 3.8) is 0 Å². The molecule has 144 valence electrons. The van der Waals surface area contributed by atoms with Crippen molar-refractivity contribution in [2.75, 3.05) is 40.5 Å². The maximum atomic E-state index is 12.7. The van der Waals surface area contributed by atoms with Gasteiger partial charge in [-0.2, -0.15) is 0 Å². The fourth-order valence-corrected chi connectivity index (χ4v) is 3.65. The number of benzene rings is 1. The van der Waals surface area contributed by atoms with Crippen LogP contribution in [0.25, 0.3) is 6.08 Å². The summed E-state index contributed by atoms with van der Waals surface area (Å²) in [7, 11) is 3.30. The monoisotopic (exact) mass is 389 g/mol. The summed E-state index contributed by atoms with van der Waals surface area (Å²) in [4.78, 5) is 14.7. The van der Waals surface area contributed by atoms with Crippen LogP contribution in [0.15, 0.2) is 35.4 Å². The number of methoxy groups -OCH3 is 2.